The summed E-state index contributed by atoms with van der Waals surface area (Å²) < 4.78 is 59.0. The summed E-state index contributed by atoms with van der Waals surface area (Å²) in [5.74, 6) is -1.94. The van der Waals surface area contributed by atoms with Crippen molar-refractivity contribution >= 4 is 34.8 Å². The van der Waals surface area contributed by atoms with E-state index < -0.39 is 30.2 Å². The van der Waals surface area contributed by atoms with Crippen molar-refractivity contribution in [1.82, 2.24) is 9.78 Å². The van der Waals surface area contributed by atoms with Gasteiger partial charge in [0.25, 0.3) is 5.91 Å². The van der Waals surface area contributed by atoms with E-state index in [9.17, 15) is 22.4 Å². The maximum atomic E-state index is 13.7. The predicted octanol–water partition coefficient (Wildman–Crippen LogP) is 5.35. The molecule has 1 heterocycles. The van der Waals surface area contributed by atoms with Gasteiger partial charge in [-0.25, -0.2) is 4.39 Å². The Morgan fingerprint density at radius 2 is 1.86 bits per heavy atom. The van der Waals surface area contributed by atoms with Gasteiger partial charge in [0.05, 0.1) is 16.4 Å². The van der Waals surface area contributed by atoms with Crippen LogP contribution in [0.25, 0.3) is 5.69 Å². The van der Waals surface area contributed by atoms with Crippen molar-refractivity contribution in [2.45, 2.75) is 6.18 Å². The van der Waals surface area contributed by atoms with Gasteiger partial charge in [-0.15, -0.1) is 0 Å². The number of carbonyl (C=O) groups is 1. The molecule has 0 aliphatic carbocycles. The molecule has 152 valence electrons. The van der Waals surface area contributed by atoms with Crippen LogP contribution < -0.4 is 10.1 Å². The summed E-state index contributed by atoms with van der Waals surface area (Å²) >= 11 is 11.7. The van der Waals surface area contributed by atoms with E-state index in [1.165, 1.54) is 24.3 Å². The van der Waals surface area contributed by atoms with Crippen molar-refractivity contribution in [2.75, 3.05) is 11.9 Å². The largest absolute Gasteiger partial charge is 0.467 e. The second kappa shape index (κ2) is 8.30. The summed E-state index contributed by atoms with van der Waals surface area (Å²) in [6.45, 7) is -0.699. The number of amides is 1. The number of para-hydroxylation sites is 1. The van der Waals surface area contributed by atoms with Crippen molar-refractivity contribution in [1.29, 1.82) is 0 Å². The van der Waals surface area contributed by atoms with Crippen LogP contribution in [-0.2, 0) is 11.0 Å². The predicted molar refractivity (Wildman–Crippen MR) is 99.1 cm³/mol. The zero-order valence-electron chi connectivity index (χ0n) is 14.3. The maximum absolute atomic E-state index is 13.7. The van der Waals surface area contributed by atoms with Crippen LogP contribution in [0.1, 0.15) is 5.69 Å². The highest BCUT2D eigenvalue weighted by atomic mass is 35.5. The molecule has 0 saturated heterocycles. The molecule has 0 atom stereocenters. The lowest BCUT2D eigenvalue weighted by molar-refractivity contribution is -0.141. The first-order valence-electron chi connectivity index (χ1n) is 7.95. The third kappa shape index (κ3) is 4.99. The zero-order valence-corrected chi connectivity index (χ0v) is 15.8. The fourth-order valence-electron chi connectivity index (χ4n) is 2.32. The van der Waals surface area contributed by atoms with Crippen molar-refractivity contribution < 1.29 is 27.1 Å². The van der Waals surface area contributed by atoms with Crippen LogP contribution >= 0.6 is 23.2 Å². The number of anilines is 1. The minimum Gasteiger partial charge on any atom is -0.467 e. The highest BCUT2D eigenvalue weighted by Gasteiger charge is 2.36. The van der Waals surface area contributed by atoms with E-state index in [0.717, 1.165) is 10.7 Å². The molecule has 1 N–H and O–H groups in total. The van der Waals surface area contributed by atoms with Gasteiger partial charge in [0, 0.05) is 11.1 Å². The molecule has 0 aliphatic rings. The maximum Gasteiger partial charge on any atom is 0.435 e. The van der Waals surface area contributed by atoms with Gasteiger partial charge in [0.15, 0.2) is 12.3 Å². The van der Waals surface area contributed by atoms with Gasteiger partial charge in [0.2, 0.25) is 5.88 Å². The van der Waals surface area contributed by atoms with Gasteiger partial charge in [-0.05, 0) is 30.3 Å². The van der Waals surface area contributed by atoms with Crippen LogP contribution in [0.15, 0.2) is 48.5 Å². The number of halogens is 6. The molecule has 0 saturated carbocycles. The van der Waals surface area contributed by atoms with Crippen LogP contribution in [0.3, 0.4) is 0 Å². The molecule has 29 heavy (non-hydrogen) atoms. The van der Waals surface area contributed by atoms with Crippen molar-refractivity contribution in [3.05, 3.63) is 70.1 Å². The Balaban J connectivity index is 1.82. The molecule has 0 unspecified atom stereocenters. The molecule has 0 radical (unpaired) electrons. The highest BCUT2D eigenvalue weighted by Crippen LogP contribution is 2.33. The Kier molecular flexibility index (Phi) is 5.99. The lowest BCUT2D eigenvalue weighted by Gasteiger charge is -2.11. The molecule has 1 amide bonds. The third-order valence-electron chi connectivity index (χ3n) is 3.60. The minimum absolute atomic E-state index is 0.127. The van der Waals surface area contributed by atoms with E-state index in [-0.39, 0.29) is 27.3 Å². The van der Waals surface area contributed by atoms with Gasteiger partial charge in [-0.3, -0.25) is 4.79 Å². The van der Waals surface area contributed by atoms with Crippen LogP contribution in [0.5, 0.6) is 5.88 Å². The van der Waals surface area contributed by atoms with E-state index in [2.05, 4.69) is 10.4 Å². The molecule has 3 rings (SSSR count). The van der Waals surface area contributed by atoms with Crippen LogP contribution in [0.4, 0.5) is 23.2 Å². The monoisotopic (exact) mass is 447 g/mol. The van der Waals surface area contributed by atoms with Gasteiger partial charge in [0.1, 0.15) is 5.82 Å². The summed E-state index contributed by atoms with van der Waals surface area (Å²) in [7, 11) is 0. The second-order valence-electron chi connectivity index (χ2n) is 5.69. The summed E-state index contributed by atoms with van der Waals surface area (Å²) in [6.07, 6.45) is -4.74. The average molecular weight is 448 g/mol. The molecule has 0 spiro atoms. The molecule has 0 fully saturated rings. The number of nitrogens with one attached hydrogen (secondary N) is 1. The Morgan fingerprint density at radius 3 is 2.52 bits per heavy atom. The molecular weight excluding hydrogens is 437 g/mol. The SMILES string of the molecule is O=C(COc1cc(C(F)(F)F)nn1-c1ccccc1Cl)Nc1ccc(Cl)cc1F. The van der Waals surface area contributed by atoms with E-state index in [1.54, 1.807) is 12.1 Å². The lowest BCUT2D eigenvalue weighted by atomic mass is 10.3. The van der Waals surface area contributed by atoms with Crippen molar-refractivity contribution in [2.24, 2.45) is 0 Å². The van der Waals surface area contributed by atoms with Crippen molar-refractivity contribution in [3.8, 4) is 11.6 Å². The second-order valence-corrected chi connectivity index (χ2v) is 6.53. The molecule has 0 aliphatic heterocycles. The molecule has 3 aromatic rings. The van der Waals surface area contributed by atoms with Gasteiger partial charge in [-0.2, -0.15) is 23.0 Å². The van der Waals surface area contributed by atoms with Gasteiger partial charge in [-0.1, -0.05) is 35.3 Å². The fourth-order valence-corrected chi connectivity index (χ4v) is 2.69. The van der Waals surface area contributed by atoms with E-state index in [4.69, 9.17) is 27.9 Å². The van der Waals surface area contributed by atoms with Crippen molar-refractivity contribution in [3.63, 3.8) is 0 Å². The first kappa shape index (κ1) is 20.9. The summed E-state index contributed by atoms with van der Waals surface area (Å²) in [5.41, 5.74) is -1.25. The molecule has 1 aromatic heterocycles. The highest BCUT2D eigenvalue weighted by molar-refractivity contribution is 6.32. The van der Waals surface area contributed by atoms with Gasteiger partial charge >= 0.3 is 6.18 Å². The van der Waals surface area contributed by atoms with Gasteiger partial charge < -0.3 is 10.1 Å². The Morgan fingerprint density at radius 1 is 1.14 bits per heavy atom. The van der Waals surface area contributed by atoms with E-state index >= 15 is 0 Å². The number of benzene rings is 2. The standard InChI is InChI=1S/C18H11Cl2F4N3O2/c19-10-5-6-13(12(21)7-10)25-16(28)9-29-17-8-15(18(22,23)24)26-27(17)14-4-2-1-3-11(14)20/h1-8H,9H2,(H,25,28). The lowest BCUT2D eigenvalue weighted by Crippen LogP contribution is -2.21. The Bertz CT molecular complexity index is 1050. The molecule has 2 aromatic carbocycles. The summed E-state index contributed by atoms with van der Waals surface area (Å²) in [4.78, 5) is 12.0. The number of ether oxygens (including phenoxy) is 1. The number of rotatable bonds is 5. The number of aromatic nitrogens is 2. The Labute approximate surface area is 171 Å². The molecular formula is C18H11Cl2F4N3O2. The smallest absolute Gasteiger partial charge is 0.435 e. The number of carbonyl (C=O) groups excluding carboxylic acids is 1. The first-order valence-corrected chi connectivity index (χ1v) is 8.70. The fraction of sp³-hybridized carbons (Fsp3) is 0.111. The minimum atomic E-state index is -4.74. The summed E-state index contributed by atoms with van der Waals surface area (Å²) in [5, 5.41) is 5.98. The van der Waals surface area contributed by atoms with Crippen LogP contribution in [0, 0.1) is 5.82 Å². The third-order valence-corrected chi connectivity index (χ3v) is 4.16. The van der Waals surface area contributed by atoms with E-state index in [0.29, 0.717) is 6.07 Å². The number of alkyl halides is 3. The average Bonchev–Trinajstić information content (AvgIpc) is 3.07. The topological polar surface area (TPSA) is 56.1 Å². The normalized spacial score (nSPS) is 11.4. The van der Waals surface area contributed by atoms with E-state index in [1.807, 2.05) is 0 Å². The van der Waals surface area contributed by atoms with Crippen LogP contribution in [0.2, 0.25) is 10.0 Å². The number of nitrogens with zero attached hydrogens (tertiary/aromatic N) is 2. The van der Waals surface area contributed by atoms with Crippen LogP contribution in [-0.4, -0.2) is 22.3 Å². The quantitative estimate of drug-likeness (QED) is 0.536. The zero-order chi connectivity index (χ0) is 21.2. The molecule has 11 heteroatoms. The molecule has 5 nitrogen and oxygen atoms in total. The first-order chi connectivity index (χ1) is 13.6. The number of hydrogen-bond acceptors (Lipinski definition) is 3. The number of hydrogen-bond donors (Lipinski definition) is 1. The Hall–Kier alpha value is -2.78. The summed E-state index contributed by atoms with van der Waals surface area (Å²) in [6, 6.07) is 10.3. The molecule has 0 bridgehead atoms.